The number of aryl methyl sites for hydroxylation is 2. The van der Waals surface area contributed by atoms with Crippen molar-refractivity contribution in [1.82, 2.24) is 0 Å². The molecule has 6 heteroatoms. The highest BCUT2D eigenvalue weighted by Gasteiger charge is 2.36. The summed E-state index contributed by atoms with van der Waals surface area (Å²) in [4.78, 5) is 0. The maximum Gasteiger partial charge on any atom is 0.131 e. The summed E-state index contributed by atoms with van der Waals surface area (Å²) in [5, 5.41) is 49.1. The highest BCUT2D eigenvalue weighted by atomic mass is 16.5. The molecule has 0 aromatic heterocycles. The molecular formula is C26H13N5O. The zero-order valence-electron chi connectivity index (χ0n) is 17.2. The molecule has 1 aliphatic heterocycles. The van der Waals surface area contributed by atoms with E-state index in [4.69, 9.17) is 4.74 Å². The van der Waals surface area contributed by atoms with E-state index in [1.807, 2.05) is 80.6 Å². The van der Waals surface area contributed by atoms with E-state index >= 15 is 0 Å². The molecule has 3 aromatic carbocycles. The predicted molar refractivity (Wildman–Crippen MR) is 113 cm³/mol. The number of nitriles is 5. The molecule has 32 heavy (non-hydrogen) atoms. The van der Waals surface area contributed by atoms with Crippen molar-refractivity contribution in [3.63, 3.8) is 0 Å². The first kappa shape index (κ1) is 20.2. The molecule has 1 aliphatic rings. The van der Waals surface area contributed by atoms with E-state index in [9.17, 15) is 26.3 Å². The van der Waals surface area contributed by atoms with Crippen molar-refractivity contribution in [2.75, 3.05) is 0 Å². The third-order valence-corrected chi connectivity index (χ3v) is 5.57. The van der Waals surface area contributed by atoms with Crippen molar-refractivity contribution in [3.8, 4) is 41.8 Å². The molecule has 0 atom stereocenters. The van der Waals surface area contributed by atoms with Crippen LogP contribution >= 0.6 is 0 Å². The zero-order chi connectivity index (χ0) is 23.0. The Morgan fingerprint density at radius 3 is 1.34 bits per heavy atom. The number of benzene rings is 3. The van der Waals surface area contributed by atoms with E-state index in [0.29, 0.717) is 22.6 Å². The van der Waals surface area contributed by atoms with Crippen molar-refractivity contribution >= 4 is 0 Å². The Hall–Kier alpha value is -5.09. The summed E-state index contributed by atoms with van der Waals surface area (Å²) in [6.07, 6.45) is 0. The first-order chi connectivity index (χ1) is 15.5. The second kappa shape index (κ2) is 7.63. The molecule has 0 bridgehead atoms. The quantitative estimate of drug-likeness (QED) is 0.436. The summed E-state index contributed by atoms with van der Waals surface area (Å²) in [7, 11) is 0. The Bertz CT molecular complexity index is 1430. The number of fused-ring (bicyclic) bond motifs is 2. The van der Waals surface area contributed by atoms with Crippen LogP contribution in [0, 0.1) is 70.5 Å². The fourth-order valence-electron chi connectivity index (χ4n) is 4.16. The summed E-state index contributed by atoms with van der Waals surface area (Å²) >= 11 is 0. The fraction of sp³-hybridized carbons (Fsp3) is 0.115. The maximum absolute atomic E-state index is 10.0. The van der Waals surface area contributed by atoms with Gasteiger partial charge in [0.2, 0.25) is 0 Å². The molecule has 0 spiro atoms. The van der Waals surface area contributed by atoms with Gasteiger partial charge >= 0.3 is 0 Å². The standard InChI is InChI=1S/C26H13N5O/c1-14-3-5-16-23(7-14)32-24-8-15(2)4-6-17(24)25(16)26-21(12-30)19(10-28)18(9-27)20(11-29)22(26)13-31/h3-8,25H,1-2H3. The van der Waals surface area contributed by atoms with Crippen LogP contribution in [0.2, 0.25) is 0 Å². The predicted octanol–water partition coefficient (Wildman–Crippen LogP) is 4.95. The van der Waals surface area contributed by atoms with Gasteiger partial charge in [0.15, 0.2) is 0 Å². The summed E-state index contributed by atoms with van der Waals surface area (Å²) in [5.41, 5.74) is 2.77. The van der Waals surface area contributed by atoms with Crippen LogP contribution in [0.5, 0.6) is 11.5 Å². The molecule has 0 N–H and O–H groups in total. The number of nitrogens with zero attached hydrogens (tertiary/aromatic N) is 5. The van der Waals surface area contributed by atoms with E-state index in [1.54, 1.807) is 0 Å². The van der Waals surface area contributed by atoms with Crippen LogP contribution in [0.25, 0.3) is 0 Å². The van der Waals surface area contributed by atoms with Crippen LogP contribution in [0.4, 0.5) is 0 Å². The van der Waals surface area contributed by atoms with Crippen LogP contribution in [0.15, 0.2) is 36.4 Å². The summed E-state index contributed by atoms with van der Waals surface area (Å²) < 4.78 is 6.15. The Morgan fingerprint density at radius 1 is 0.594 bits per heavy atom. The van der Waals surface area contributed by atoms with E-state index < -0.39 is 5.92 Å². The number of hydrogen-bond donors (Lipinski definition) is 0. The van der Waals surface area contributed by atoms with Crippen molar-refractivity contribution in [2.45, 2.75) is 19.8 Å². The smallest absolute Gasteiger partial charge is 0.131 e. The van der Waals surface area contributed by atoms with Crippen molar-refractivity contribution in [3.05, 3.63) is 92.0 Å². The van der Waals surface area contributed by atoms with E-state index in [2.05, 4.69) is 0 Å². The van der Waals surface area contributed by atoms with Crippen LogP contribution in [0.3, 0.4) is 0 Å². The Balaban J connectivity index is 2.23. The van der Waals surface area contributed by atoms with Crippen LogP contribution in [-0.4, -0.2) is 0 Å². The number of hydrogen-bond acceptors (Lipinski definition) is 6. The van der Waals surface area contributed by atoms with Crippen LogP contribution < -0.4 is 4.74 Å². The molecule has 148 valence electrons. The fourth-order valence-corrected chi connectivity index (χ4v) is 4.16. The SMILES string of the molecule is Cc1ccc2c(c1)Oc1cc(C)ccc1C2c1c(C#N)c(C#N)c(C#N)c(C#N)c1C#N. The van der Waals surface area contributed by atoms with E-state index in [-0.39, 0.29) is 33.4 Å². The second-order valence-corrected chi connectivity index (χ2v) is 7.47. The normalized spacial score (nSPS) is 11.4. The minimum absolute atomic E-state index is 0.0791. The third kappa shape index (κ3) is 2.83. The molecule has 6 nitrogen and oxygen atoms in total. The zero-order valence-corrected chi connectivity index (χ0v) is 17.2. The number of rotatable bonds is 1. The highest BCUT2D eigenvalue weighted by Crippen LogP contribution is 2.50. The maximum atomic E-state index is 10.0. The van der Waals surface area contributed by atoms with Gasteiger partial charge in [0.1, 0.15) is 41.8 Å². The van der Waals surface area contributed by atoms with Gasteiger partial charge in [0.25, 0.3) is 0 Å². The molecule has 0 amide bonds. The molecular weight excluding hydrogens is 398 g/mol. The van der Waals surface area contributed by atoms with Gasteiger partial charge in [-0.3, -0.25) is 0 Å². The second-order valence-electron chi connectivity index (χ2n) is 7.47. The molecule has 0 unspecified atom stereocenters. The van der Waals surface area contributed by atoms with Gasteiger partial charge in [-0.2, -0.15) is 26.3 Å². The largest absolute Gasteiger partial charge is 0.457 e. The molecule has 3 aromatic rings. The van der Waals surface area contributed by atoms with Crippen LogP contribution in [0.1, 0.15) is 61.6 Å². The monoisotopic (exact) mass is 411 g/mol. The first-order valence-corrected chi connectivity index (χ1v) is 9.62. The third-order valence-electron chi connectivity index (χ3n) is 5.57. The molecule has 0 fully saturated rings. The lowest BCUT2D eigenvalue weighted by molar-refractivity contribution is 0.452. The molecule has 0 saturated heterocycles. The molecule has 0 radical (unpaired) electrons. The lowest BCUT2D eigenvalue weighted by Gasteiger charge is -2.30. The molecule has 0 aliphatic carbocycles. The Kier molecular flexibility index (Phi) is 4.81. The lowest BCUT2D eigenvalue weighted by Crippen LogP contribution is -2.17. The summed E-state index contributed by atoms with van der Waals surface area (Å²) in [5.74, 6) is 0.510. The van der Waals surface area contributed by atoms with Gasteiger partial charge in [0, 0.05) is 22.6 Å². The van der Waals surface area contributed by atoms with Gasteiger partial charge in [-0.05, 0) is 37.1 Å². The van der Waals surface area contributed by atoms with Gasteiger partial charge in [-0.15, -0.1) is 0 Å². The van der Waals surface area contributed by atoms with Gasteiger partial charge in [-0.25, -0.2) is 0 Å². The average molecular weight is 411 g/mol. The van der Waals surface area contributed by atoms with Gasteiger partial charge < -0.3 is 4.74 Å². The van der Waals surface area contributed by atoms with Gasteiger partial charge in [-0.1, -0.05) is 24.3 Å². The molecule has 1 heterocycles. The summed E-state index contributed by atoms with van der Waals surface area (Å²) in [6.45, 7) is 3.85. The van der Waals surface area contributed by atoms with Gasteiger partial charge in [0.05, 0.1) is 27.8 Å². The van der Waals surface area contributed by atoms with Crippen molar-refractivity contribution in [1.29, 1.82) is 26.3 Å². The minimum atomic E-state index is -0.633. The highest BCUT2D eigenvalue weighted by molar-refractivity contribution is 5.74. The lowest BCUT2D eigenvalue weighted by atomic mass is 9.75. The molecule has 4 rings (SSSR count). The Labute approximate surface area is 185 Å². The minimum Gasteiger partial charge on any atom is -0.457 e. The van der Waals surface area contributed by atoms with E-state index in [0.717, 1.165) is 11.1 Å². The Morgan fingerprint density at radius 2 is 0.969 bits per heavy atom. The first-order valence-electron chi connectivity index (χ1n) is 9.62. The topological polar surface area (TPSA) is 128 Å². The number of ether oxygens (including phenoxy) is 1. The summed E-state index contributed by atoms with van der Waals surface area (Å²) in [6, 6.07) is 20.9. The van der Waals surface area contributed by atoms with Crippen LogP contribution in [-0.2, 0) is 0 Å². The van der Waals surface area contributed by atoms with Crippen molar-refractivity contribution in [2.24, 2.45) is 0 Å². The van der Waals surface area contributed by atoms with E-state index in [1.165, 1.54) is 0 Å². The molecule has 0 saturated carbocycles. The van der Waals surface area contributed by atoms with Crippen molar-refractivity contribution < 1.29 is 4.74 Å². The average Bonchev–Trinajstić information content (AvgIpc) is 2.80.